The Morgan fingerprint density at radius 3 is 2.74 bits per heavy atom. The zero-order chi connectivity index (χ0) is 16.2. The van der Waals surface area contributed by atoms with E-state index in [4.69, 9.17) is 4.42 Å². The number of amides is 1. The van der Waals surface area contributed by atoms with Crippen LogP contribution in [0.15, 0.2) is 47.1 Å². The third kappa shape index (κ3) is 3.23. The van der Waals surface area contributed by atoms with Gasteiger partial charge in [0.25, 0.3) is 5.91 Å². The predicted molar refractivity (Wildman–Crippen MR) is 87.4 cm³/mol. The SMILES string of the molecule is CCN(C)c1ccc(C(=O)Nc2n[nH]c(-c3ccco3)n2)cc1. The Labute approximate surface area is 133 Å². The van der Waals surface area contributed by atoms with Gasteiger partial charge in [0, 0.05) is 24.8 Å². The van der Waals surface area contributed by atoms with Gasteiger partial charge in [-0.1, -0.05) is 0 Å². The summed E-state index contributed by atoms with van der Waals surface area (Å²) in [5.74, 6) is 0.965. The number of carbonyl (C=O) groups is 1. The van der Waals surface area contributed by atoms with E-state index in [1.165, 1.54) is 0 Å². The molecule has 0 aliphatic rings. The molecule has 3 aromatic rings. The van der Waals surface area contributed by atoms with Crippen LogP contribution < -0.4 is 10.2 Å². The quantitative estimate of drug-likeness (QED) is 0.756. The Hall–Kier alpha value is -3.09. The topological polar surface area (TPSA) is 87.0 Å². The monoisotopic (exact) mass is 311 g/mol. The fourth-order valence-corrected chi connectivity index (χ4v) is 2.06. The van der Waals surface area contributed by atoms with Gasteiger partial charge < -0.3 is 9.32 Å². The molecule has 0 atom stereocenters. The van der Waals surface area contributed by atoms with E-state index in [1.807, 2.05) is 19.2 Å². The van der Waals surface area contributed by atoms with E-state index in [0.29, 0.717) is 17.1 Å². The van der Waals surface area contributed by atoms with Crippen LogP contribution in [0.2, 0.25) is 0 Å². The first-order valence-electron chi connectivity index (χ1n) is 7.26. The number of furan rings is 1. The number of H-pyrrole nitrogens is 1. The second-order valence-electron chi connectivity index (χ2n) is 5.00. The van der Waals surface area contributed by atoms with Gasteiger partial charge in [0.2, 0.25) is 5.95 Å². The number of nitrogens with zero attached hydrogens (tertiary/aromatic N) is 3. The van der Waals surface area contributed by atoms with Gasteiger partial charge in [-0.2, -0.15) is 4.98 Å². The summed E-state index contributed by atoms with van der Waals surface area (Å²) in [6, 6.07) is 10.9. The van der Waals surface area contributed by atoms with Crippen molar-refractivity contribution < 1.29 is 9.21 Å². The lowest BCUT2D eigenvalue weighted by molar-refractivity contribution is 0.102. The molecule has 0 radical (unpaired) electrons. The number of benzene rings is 1. The number of nitrogens with one attached hydrogen (secondary N) is 2. The molecular formula is C16H17N5O2. The van der Waals surface area contributed by atoms with E-state index in [1.54, 1.807) is 30.5 Å². The van der Waals surface area contributed by atoms with Crippen molar-refractivity contribution in [1.82, 2.24) is 15.2 Å². The maximum absolute atomic E-state index is 12.2. The largest absolute Gasteiger partial charge is 0.461 e. The summed E-state index contributed by atoms with van der Waals surface area (Å²) in [6.07, 6.45) is 1.55. The summed E-state index contributed by atoms with van der Waals surface area (Å²) in [5.41, 5.74) is 1.60. The Balaban J connectivity index is 1.69. The number of rotatable bonds is 5. The number of hydrogen-bond donors (Lipinski definition) is 2. The van der Waals surface area contributed by atoms with Crippen LogP contribution in [0.5, 0.6) is 0 Å². The van der Waals surface area contributed by atoms with Crippen molar-refractivity contribution in [1.29, 1.82) is 0 Å². The van der Waals surface area contributed by atoms with Crippen LogP contribution in [-0.4, -0.2) is 34.7 Å². The lowest BCUT2D eigenvalue weighted by Crippen LogP contribution is -2.16. The number of aromatic nitrogens is 3. The molecule has 0 unspecified atom stereocenters. The summed E-state index contributed by atoms with van der Waals surface area (Å²) in [7, 11) is 2.00. The van der Waals surface area contributed by atoms with E-state index in [2.05, 4.69) is 32.3 Å². The Morgan fingerprint density at radius 2 is 2.09 bits per heavy atom. The van der Waals surface area contributed by atoms with E-state index in [0.717, 1.165) is 12.2 Å². The van der Waals surface area contributed by atoms with E-state index >= 15 is 0 Å². The van der Waals surface area contributed by atoms with Crippen molar-refractivity contribution in [2.45, 2.75) is 6.92 Å². The normalized spacial score (nSPS) is 10.5. The minimum Gasteiger partial charge on any atom is -0.461 e. The standard InChI is InChI=1S/C16H17N5O2/c1-3-21(2)12-8-6-11(7-9-12)15(22)18-16-17-14(19-20-16)13-5-4-10-23-13/h4-10H,3H2,1-2H3,(H2,17,18,19,20,22). The van der Waals surface area contributed by atoms with Crippen LogP contribution in [0.1, 0.15) is 17.3 Å². The molecule has 7 heteroatoms. The molecule has 3 rings (SSSR count). The van der Waals surface area contributed by atoms with Crippen molar-refractivity contribution >= 4 is 17.5 Å². The maximum Gasteiger partial charge on any atom is 0.258 e. The summed E-state index contributed by atoms with van der Waals surface area (Å²) in [6.45, 7) is 2.97. The Morgan fingerprint density at radius 1 is 1.30 bits per heavy atom. The first-order chi connectivity index (χ1) is 11.2. The molecule has 1 aromatic carbocycles. The zero-order valence-electron chi connectivity index (χ0n) is 12.9. The Bertz CT molecular complexity index is 777. The molecule has 0 bridgehead atoms. The van der Waals surface area contributed by atoms with Crippen molar-refractivity contribution in [2.75, 3.05) is 23.8 Å². The van der Waals surface area contributed by atoms with Crippen LogP contribution >= 0.6 is 0 Å². The summed E-state index contributed by atoms with van der Waals surface area (Å²) < 4.78 is 5.22. The van der Waals surface area contributed by atoms with Crippen molar-refractivity contribution in [2.24, 2.45) is 0 Å². The van der Waals surface area contributed by atoms with Gasteiger partial charge in [-0.15, -0.1) is 5.10 Å². The Kier molecular flexibility index (Phi) is 4.09. The minimum atomic E-state index is -0.263. The molecule has 2 N–H and O–H groups in total. The molecule has 23 heavy (non-hydrogen) atoms. The summed E-state index contributed by atoms with van der Waals surface area (Å²) in [4.78, 5) is 18.5. The highest BCUT2D eigenvalue weighted by Crippen LogP contribution is 2.17. The lowest BCUT2D eigenvalue weighted by Gasteiger charge is -2.16. The van der Waals surface area contributed by atoms with Gasteiger partial charge in [-0.3, -0.25) is 15.2 Å². The van der Waals surface area contributed by atoms with Gasteiger partial charge in [0.05, 0.1) is 6.26 Å². The highest BCUT2D eigenvalue weighted by Gasteiger charge is 2.12. The van der Waals surface area contributed by atoms with E-state index in [-0.39, 0.29) is 11.9 Å². The van der Waals surface area contributed by atoms with Gasteiger partial charge in [0.15, 0.2) is 11.6 Å². The highest BCUT2D eigenvalue weighted by molar-refractivity contribution is 6.03. The number of hydrogen-bond acceptors (Lipinski definition) is 5. The van der Waals surface area contributed by atoms with Gasteiger partial charge in [-0.05, 0) is 43.3 Å². The molecule has 7 nitrogen and oxygen atoms in total. The van der Waals surface area contributed by atoms with Crippen LogP contribution in [0.25, 0.3) is 11.6 Å². The van der Waals surface area contributed by atoms with Crippen LogP contribution in [0, 0.1) is 0 Å². The molecule has 0 saturated heterocycles. The van der Waals surface area contributed by atoms with Crippen LogP contribution in [0.3, 0.4) is 0 Å². The van der Waals surface area contributed by atoms with E-state index < -0.39 is 0 Å². The molecule has 1 amide bonds. The van der Waals surface area contributed by atoms with Crippen molar-refractivity contribution in [3.63, 3.8) is 0 Å². The molecule has 0 aliphatic carbocycles. The molecule has 0 fully saturated rings. The first-order valence-corrected chi connectivity index (χ1v) is 7.26. The fourth-order valence-electron chi connectivity index (χ4n) is 2.06. The van der Waals surface area contributed by atoms with Gasteiger partial charge >= 0.3 is 0 Å². The first kappa shape index (κ1) is 14.8. The molecule has 0 spiro atoms. The predicted octanol–water partition coefficient (Wildman–Crippen LogP) is 2.77. The van der Waals surface area contributed by atoms with Crippen molar-refractivity contribution in [3.8, 4) is 11.6 Å². The van der Waals surface area contributed by atoms with Crippen molar-refractivity contribution in [3.05, 3.63) is 48.2 Å². The maximum atomic E-state index is 12.2. The number of anilines is 2. The second kappa shape index (κ2) is 6.35. The molecule has 2 aromatic heterocycles. The number of carbonyl (C=O) groups excluding carboxylic acids is 1. The third-order valence-electron chi connectivity index (χ3n) is 3.51. The molecular weight excluding hydrogens is 294 g/mol. The smallest absolute Gasteiger partial charge is 0.258 e. The summed E-state index contributed by atoms with van der Waals surface area (Å²) in [5, 5.41) is 9.34. The summed E-state index contributed by atoms with van der Waals surface area (Å²) >= 11 is 0. The lowest BCUT2D eigenvalue weighted by atomic mass is 10.2. The van der Waals surface area contributed by atoms with Crippen LogP contribution in [-0.2, 0) is 0 Å². The minimum absolute atomic E-state index is 0.205. The zero-order valence-corrected chi connectivity index (χ0v) is 12.9. The molecule has 0 aliphatic heterocycles. The third-order valence-corrected chi connectivity index (χ3v) is 3.51. The average molecular weight is 311 g/mol. The van der Waals surface area contributed by atoms with Gasteiger partial charge in [-0.25, -0.2) is 0 Å². The van der Waals surface area contributed by atoms with E-state index in [9.17, 15) is 4.79 Å². The highest BCUT2D eigenvalue weighted by atomic mass is 16.3. The van der Waals surface area contributed by atoms with Crippen LogP contribution in [0.4, 0.5) is 11.6 Å². The second-order valence-corrected chi connectivity index (χ2v) is 5.00. The fraction of sp³-hybridized carbons (Fsp3) is 0.188. The molecule has 2 heterocycles. The molecule has 118 valence electrons. The average Bonchev–Trinajstić information content (AvgIpc) is 3.25. The van der Waals surface area contributed by atoms with Gasteiger partial charge in [0.1, 0.15) is 0 Å². The number of aromatic amines is 1. The molecule has 0 saturated carbocycles.